The van der Waals surface area contributed by atoms with E-state index in [0.29, 0.717) is 6.54 Å². The fraction of sp³-hybridized carbons (Fsp3) is 0.250. The summed E-state index contributed by atoms with van der Waals surface area (Å²) in [5.41, 5.74) is 1.23. The molecule has 84 valence electrons. The van der Waals surface area contributed by atoms with E-state index >= 15 is 0 Å². The summed E-state index contributed by atoms with van der Waals surface area (Å²) in [6.07, 6.45) is 2.03. The van der Waals surface area contributed by atoms with Gasteiger partial charge in [-0.05, 0) is 25.1 Å². The SMILES string of the molecule is CC1(O)C[n+]2cccc3cccc(c32)S1.[Cl-]. The number of aliphatic hydroxyl groups is 1. The topological polar surface area (TPSA) is 24.1 Å². The maximum Gasteiger partial charge on any atom is 0.226 e. The van der Waals surface area contributed by atoms with E-state index in [1.165, 1.54) is 10.9 Å². The van der Waals surface area contributed by atoms with Crippen LogP contribution in [-0.2, 0) is 6.54 Å². The molecule has 16 heavy (non-hydrogen) atoms. The number of rotatable bonds is 0. The van der Waals surface area contributed by atoms with Crippen LogP contribution in [0.25, 0.3) is 10.9 Å². The van der Waals surface area contributed by atoms with Crippen molar-refractivity contribution in [2.75, 3.05) is 0 Å². The number of halogens is 1. The van der Waals surface area contributed by atoms with Gasteiger partial charge in [-0.25, -0.2) is 0 Å². The van der Waals surface area contributed by atoms with Gasteiger partial charge in [0, 0.05) is 11.5 Å². The Labute approximate surface area is 105 Å². The van der Waals surface area contributed by atoms with Gasteiger partial charge in [-0.3, -0.25) is 0 Å². The monoisotopic (exact) mass is 253 g/mol. The predicted octanol–water partition coefficient (Wildman–Crippen LogP) is -1.05. The van der Waals surface area contributed by atoms with Crippen molar-refractivity contribution < 1.29 is 22.1 Å². The highest BCUT2D eigenvalue weighted by molar-refractivity contribution is 8.00. The quantitative estimate of drug-likeness (QED) is 0.606. The molecule has 1 atom stereocenters. The summed E-state index contributed by atoms with van der Waals surface area (Å²) < 4.78 is 2.13. The molecule has 1 unspecified atom stereocenters. The molecular weight excluding hydrogens is 242 g/mol. The average Bonchev–Trinajstić information content (AvgIpc) is 2.16. The second-order valence-electron chi connectivity index (χ2n) is 4.11. The normalized spacial score (nSPS) is 22.9. The van der Waals surface area contributed by atoms with Crippen LogP contribution >= 0.6 is 11.8 Å². The standard InChI is InChI=1S/C12H12NOS.ClH/c1-12(14)8-13-7-3-5-9-4-2-6-10(15-12)11(9)13;/h2-7,14H,8H2,1H3;1H/q+1;/p-1. The summed E-state index contributed by atoms with van der Waals surface area (Å²) in [7, 11) is 0. The molecule has 0 fully saturated rings. The Morgan fingerprint density at radius 1 is 1.31 bits per heavy atom. The zero-order valence-electron chi connectivity index (χ0n) is 8.85. The molecule has 1 aliphatic rings. The van der Waals surface area contributed by atoms with Crippen LogP contribution in [0.1, 0.15) is 6.92 Å². The first-order valence-electron chi connectivity index (χ1n) is 4.98. The number of nitrogens with zero attached hydrogens (tertiary/aromatic N) is 1. The van der Waals surface area contributed by atoms with E-state index in [9.17, 15) is 5.11 Å². The molecule has 2 nitrogen and oxygen atoms in total. The molecule has 0 saturated carbocycles. The Balaban J connectivity index is 0.000000963. The summed E-state index contributed by atoms with van der Waals surface area (Å²) in [6.45, 7) is 2.51. The number of hydrogen-bond acceptors (Lipinski definition) is 2. The van der Waals surface area contributed by atoms with Crippen molar-refractivity contribution in [3.63, 3.8) is 0 Å². The smallest absolute Gasteiger partial charge is 0.226 e. The molecule has 0 aliphatic carbocycles. The molecule has 1 N–H and O–H groups in total. The third-order valence-electron chi connectivity index (χ3n) is 2.65. The summed E-state index contributed by atoms with van der Waals surface area (Å²) in [5, 5.41) is 11.3. The van der Waals surface area contributed by atoms with E-state index in [-0.39, 0.29) is 12.4 Å². The van der Waals surface area contributed by atoms with E-state index in [1.807, 2.05) is 25.3 Å². The van der Waals surface area contributed by atoms with Crippen LogP contribution in [0.15, 0.2) is 41.4 Å². The zero-order chi connectivity index (χ0) is 10.5. The molecule has 0 radical (unpaired) electrons. The van der Waals surface area contributed by atoms with E-state index in [0.717, 1.165) is 4.90 Å². The minimum absolute atomic E-state index is 0. The van der Waals surface area contributed by atoms with Crippen LogP contribution in [0.5, 0.6) is 0 Å². The molecule has 3 rings (SSSR count). The summed E-state index contributed by atoms with van der Waals surface area (Å²) in [4.78, 5) is 0.456. The van der Waals surface area contributed by atoms with E-state index in [2.05, 4.69) is 22.8 Å². The van der Waals surface area contributed by atoms with Gasteiger partial charge in [0.1, 0.15) is 0 Å². The molecular formula is C12H12ClNOS. The third-order valence-corrected chi connectivity index (χ3v) is 3.77. The van der Waals surface area contributed by atoms with Gasteiger partial charge in [-0.15, -0.1) is 0 Å². The Hall–Kier alpha value is -0.770. The van der Waals surface area contributed by atoms with Gasteiger partial charge in [-0.1, -0.05) is 17.8 Å². The maximum atomic E-state index is 10.1. The number of hydrogen-bond donors (Lipinski definition) is 1. The molecule has 2 heterocycles. The summed E-state index contributed by atoms with van der Waals surface area (Å²) in [6, 6.07) is 10.3. The molecule has 4 heteroatoms. The molecule has 0 amide bonds. The Bertz CT molecular complexity index is 499. The summed E-state index contributed by atoms with van der Waals surface area (Å²) >= 11 is 1.54. The fourth-order valence-electron chi connectivity index (χ4n) is 2.11. The van der Waals surface area contributed by atoms with Crippen molar-refractivity contribution in [1.82, 2.24) is 0 Å². The van der Waals surface area contributed by atoms with Gasteiger partial charge < -0.3 is 17.5 Å². The lowest BCUT2D eigenvalue weighted by molar-refractivity contribution is -0.682. The maximum absolute atomic E-state index is 10.1. The zero-order valence-corrected chi connectivity index (χ0v) is 10.4. The Morgan fingerprint density at radius 3 is 2.88 bits per heavy atom. The number of aromatic nitrogens is 1. The van der Waals surface area contributed by atoms with Gasteiger partial charge in [-0.2, -0.15) is 4.57 Å². The number of benzene rings is 1. The average molecular weight is 254 g/mol. The number of thioether (sulfide) groups is 1. The highest BCUT2D eigenvalue weighted by atomic mass is 35.5. The molecule has 1 aliphatic heterocycles. The van der Waals surface area contributed by atoms with Gasteiger partial charge >= 0.3 is 0 Å². The van der Waals surface area contributed by atoms with Crippen LogP contribution < -0.4 is 17.0 Å². The Morgan fingerprint density at radius 2 is 2.06 bits per heavy atom. The predicted molar refractivity (Wildman–Crippen MR) is 60.6 cm³/mol. The second-order valence-corrected chi connectivity index (χ2v) is 5.63. The van der Waals surface area contributed by atoms with Crippen LogP contribution in [-0.4, -0.2) is 10.0 Å². The van der Waals surface area contributed by atoms with Crippen LogP contribution in [0.2, 0.25) is 0 Å². The van der Waals surface area contributed by atoms with E-state index in [1.54, 1.807) is 11.8 Å². The first-order valence-corrected chi connectivity index (χ1v) is 5.80. The minimum Gasteiger partial charge on any atom is -1.00 e. The second kappa shape index (κ2) is 3.91. The van der Waals surface area contributed by atoms with Gasteiger partial charge in [0.25, 0.3) is 0 Å². The minimum atomic E-state index is -0.701. The van der Waals surface area contributed by atoms with Crippen molar-refractivity contribution in [3.05, 3.63) is 36.5 Å². The molecule has 1 aromatic carbocycles. The largest absolute Gasteiger partial charge is 1.00 e. The van der Waals surface area contributed by atoms with Crippen LogP contribution in [0.3, 0.4) is 0 Å². The van der Waals surface area contributed by atoms with Gasteiger partial charge in [0.15, 0.2) is 17.7 Å². The summed E-state index contributed by atoms with van der Waals surface area (Å²) in [5.74, 6) is 0. The lowest BCUT2D eigenvalue weighted by Gasteiger charge is -2.24. The fourth-order valence-corrected chi connectivity index (χ4v) is 3.26. The number of pyridine rings is 1. The van der Waals surface area contributed by atoms with Crippen molar-refractivity contribution >= 4 is 22.7 Å². The molecule has 0 bridgehead atoms. The first kappa shape index (κ1) is 11.7. The highest BCUT2D eigenvalue weighted by Crippen LogP contribution is 2.37. The molecule has 0 saturated heterocycles. The molecule has 1 aromatic heterocycles. The van der Waals surface area contributed by atoms with Crippen molar-refractivity contribution in [1.29, 1.82) is 0 Å². The highest BCUT2D eigenvalue weighted by Gasteiger charge is 2.35. The molecule has 0 spiro atoms. The van der Waals surface area contributed by atoms with Crippen molar-refractivity contribution in [2.24, 2.45) is 0 Å². The van der Waals surface area contributed by atoms with Crippen molar-refractivity contribution in [2.45, 2.75) is 23.3 Å². The lowest BCUT2D eigenvalue weighted by atomic mass is 10.2. The van der Waals surface area contributed by atoms with Crippen molar-refractivity contribution in [3.8, 4) is 0 Å². The van der Waals surface area contributed by atoms with E-state index in [4.69, 9.17) is 0 Å². The van der Waals surface area contributed by atoms with Gasteiger partial charge in [0.05, 0.1) is 4.90 Å². The number of para-hydroxylation sites is 1. The van der Waals surface area contributed by atoms with Gasteiger partial charge in [0.2, 0.25) is 5.52 Å². The third kappa shape index (κ3) is 1.79. The van der Waals surface area contributed by atoms with Crippen LogP contribution in [0.4, 0.5) is 0 Å². The first-order chi connectivity index (χ1) is 7.16. The lowest BCUT2D eigenvalue weighted by Crippen LogP contribution is -3.00. The molecule has 2 aromatic rings. The Kier molecular flexibility index (Phi) is 2.86. The van der Waals surface area contributed by atoms with E-state index < -0.39 is 4.93 Å². The van der Waals surface area contributed by atoms with Crippen LogP contribution in [0, 0.1) is 0 Å².